The highest BCUT2D eigenvalue weighted by Gasteiger charge is 2.30. The van der Waals surface area contributed by atoms with E-state index in [1.165, 1.54) is 0 Å². The van der Waals surface area contributed by atoms with E-state index in [1.807, 2.05) is 24.1 Å². The Bertz CT molecular complexity index is 543. The lowest BCUT2D eigenvalue weighted by molar-refractivity contribution is 0.601. The second-order valence-corrected chi connectivity index (χ2v) is 6.56. The van der Waals surface area contributed by atoms with Crippen LogP contribution in [-0.2, 0) is 9.84 Å². The summed E-state index contributed by atoms with van der Waals surface area (Å²) in [4.78, 5) is 1.98. The van der Waals surface area contributed by atoms with Gasteiger partial charge in [-0.3, -0.25) is 0 Å². The highest BCUT2D eigenvalue weighted by atomic mass is 32.2. The van der Waals surface area contributed by atoms with Crippen LogP contribution in [0.2, 0.25) is 0 Å². The Kier molecular flexibility index (Phi) is 3.07. The molecule has 1 aromatic carbocycles. The molecule has 17 heavy (non-hydrogen) atoms. The molecule has 0 saturated carbocycles. The number of hydrogen-bond acceptors (Lipinski definition) is 4. The van der Waals surface area contributed by atoms with Gasteiger partial charge in [0.25, 0.3) is 0 Å². The second kappa shape index (κ2) is 4.38. The van der Waals surface area contributed by atoms with Crippen molar-refractivity contribution in [2.75, 3.05) is 23.5 Å². The van der Waals surface area contributed by atoms with Crippen LogP contribution in [0.3, 0.4) is 0 Å². The minimum atomic E-state index is -2.86. The number of nitrogens with zero attached hydrogens (tertiary/aromatic N) is 2. The molecule has 1 saturated heterocycles. The van der Waals surface area contributed by atoms with E-state index >= 15 is 0 Å². The molecule has 0 amide bonds. The van der Waals surface area contributed by atoms with Crippen LogP contribution in [0.5, 0.6) is 0 Å². The van der Waals surface area contributed by atoms with Crippen LogP contribution in [0.25, 0.3) is 0 Å². The SMILES string of the molecule is CN(c1ccc(C#N)cc1)C1CCS(=O)(=O)C1. The molecule has 0 bridgehead atoms. The van der Waals surface area contributed by atoms with Crippen LogP contribution in [0.1, 0.15) is 12.0 Å². The van der Waals surface area contributed by atoms with Crippen LogP contribution >= 0.6 is 0 Å². The third-order valence-electron chi connectivity index (χ3n) is 3.16. The van der Waals surface area contributed by atoms with Gasteiger partial charge in [-0.05, 0) is 30.7 Å². The lowest BCUT2D eigenvalue weighted by atomic mass is 10.1. The molecule has 5 heteroatoms. The predicted molar refractivity (Wildman–Crippen MR) is 66.6 cm³/mol. The molecular formula is C12H14N2O2S. The van der Waals surface area contributed by atoms with Crippen molar-refractivity contribution in [3.05, 3.63) is 29.8 Å². The largest absolute Gasteiger partial charge is 0.371 e. The molecule has 0 radical (unpaired) electrons. The van der Waals surface area contributed by atoms with Gasteiger partial charge in [0.2, 0.25) is 0 Å². The van der Waals surface area contributed by atoms with Crippen LogP contribution < -0.4 is 4.90 Å². The van der Waals surface area contributed by atoms with E-state index < -0.39 is 9.84 Å². The van der Waals surface area contributed by atoms with Crippen molar-refractivity contribution >= 4 is 15.5 Å². The number of hydrogen-bond donors (Lipinski definition) is 0. The highest BCUT2D eigenvalue weighted by molar-refractivity contribution is 7.91. The van der Waals surface area contributed by atoms with Gasteiger partial charge in [0.05, 0.1) is 23.1 Å². The summed E-state index contributed by atoms with van der Waals surface area (Å²) in [6.45, 7) is 0. The zero-order chi connectivity index (χ0) is 12.5. The Labute approximate surface area is 101 Å². The molecule has 4 nitrogen and oxygen atoms in total. The van der Waals surface area contributed by atoms with Crippen LogP contribution in [-0.4, -0.2) is 33.0 Å². The van der Waals surface area contributed by atoms with E-state index in [-0.39, 0.29) is 17.5 Å². The average molecular weight is 250 g/mol. The first-order valence-corrected chi connectivity index (χ1v) is 7.27. The van der Waals surface area contributed by atoms with Crippen molar-refractivity contribution in [1.29, 1.82) is 5.26 Å². The first-order valence-electron chi connectivity index (χ1n) is 5.45. The Morgan fingerprint density at radius 3 is 2.47 bits per heavy atom. The number of sulfone groups is 1. The number of nitriles is 1. The summed E-state index contributed by atoms with van der Waals surface area (Å²) in [5.41, 5.74) is 1.56. The van der Waals surface area contributed by atoms with Crippen LogP contribution in [0.15, 0.2) is 24.3 Å². The van der Waals surface area contributed by atoms with E-state index in [4.69, 9.17) is 5.26 Å². The molecule has 1 aliphatic heterocycles. The zero-order valence-electron chi connectivity index (χ0n) is 9.63. The molecule has 1 aromatic rings. The predicted octanol–water partition coefficient (Wildman–Crippen LogP) is 1.18. The summed E-state index contributed by atoms with van der Waals surface area (Å²) in [7, 11) is -0.960. The van der Waals surface area contributed by atoms with Gasteiger partial charge in [-0.1, -0.05) is 0 Å². The van der Waals surface area contributed by atoms with Crippen molar-refractivity contribution in [1.82, 2.24) is 0 Å². The molecule has 0 N–H and O–H groups in total. The normalized spacial score (nSPS) is 22.0. The van der Waals surface area contributed by atoms with Gasteiger partial charge in [0, 0.05) is 18.8 Å². The van der Waals surface area contributed by atoms with Gasteiger partial charge in [-0.2, -0.15) is 5.26 Å². The van der Waals surface area contributed by atoms with E-state index in [9.17, 15) is 8.42 Å². The van der Waals surface area contributed by atoms with Gasteiger partial charge in [0.15, 0.2) is 9.84 Å². The standard InChI is InChI=1S/C12H14N2O2S/c1-14(12-6-7-17(15,16)9-12)11-4-2-10(8-13)3-5-11/h2-5,12H,6-7,9H2,1H3. The molecule has 2 rings (SSSR count). The van der Waals surface area contributed by atoms with E-state index in [0.29, 0.717) is 12.0 Å². The van der Waals surface area contributed by atoms with Crippen LogP contribution in [0, 0.1) is 11.3 Å². The smallest absolute Gasteiger partial charge is 0.152 e. The molecule has 1 heterocycles. The molecule has 0 spiro atoms. The third-order valence-corrected chi connectivity index (χ3v) is 4.91. The Hall–Kier alpha value is -1.54. The van der Waals surface area contributed by atoms with Gasteiger partial charge < -0.3 is 4.90 Å². The summed E-state index contributed by atoms with van der Waals surface area (Å²) >= 11 is 0. The Morgan fingerprint density at radius 2 is 2.00 bits per heavy atom. The van der Waals surface area contributed by atoms with Crippen molar-refractivity contribution in [2.24, 2.45) is 0 Å². The minimum absolute atomic E-state index is 0.0490. The second-order valence-electron chi connectivity index (χ2n) is 4.33. The maximum absolute atomic E-state index is 11.4. The lowest BCUT2D eigenvalue weighted by Crippen LogP contribution is -2.32. The summed E-state index contributed by atoms with van der Waals surface area (Å²) in [6, 6.07) is 9.30. The molecular weight excluding hydrogens is 236 g/mol. The zero-order valence-corrected chi connectivity index (χ0v) is 10.4. The van der Waals surface area contributed by atoms with Gasteiger partial charge >= 0.3 is 0 Å². The van der Waals surface area contributed by atoms with Crippen molar-refractivity contribution in [2.45, 2.75) is 12.5 Å². The molecule has 0 aromatic heterocycles. The molecule has 1 unspecified atom stereocenters. The van der Waals surface area contributed by atoms with E-state index in [1.54, 1.807) is 12.1 Å². The van der Waals surface area contributed by atoms with E-state index in [0.717, 1.165) is 5.69 Å². The lowest BCUT2D eigenvalue weighted by Gasteiger charge is -2.25. The maximum atomic E-state index is 11.4. The fourth-order valence-electron chi connectivity index (χ4n) is 2.06. The monoisotopic (exact) mass is 250 g/mol. The third kappa shape index (κ3) is 2.59. The first-order chi connectivity index (χ1) is 8.02. The van der Waals surface area contributed by atoms with Gasteiger partial charge in [0.1, 0.15) is 0 Å². The summed E-state index contributed by atoms with van der Waals surface area (Å²) in [5.74, 6) is 0.502. The number of anilines is 1. The van der Waals surface area contributed by atoms with Crippen molar-refractivity contribution in [3.63, 3.8) is 0 Å². The van der Waals surface area contributed by atoms with Gasteiger partial charge in [-0.25, -0.2) is 8.42 Å². The number of benzene rings is 1. The van der Waals surface area contributed by atoms with E-state index in [2.05, 4.69) is 6.07 Å². The fourth-order valence-corrected chi connectivity index (χ4v) is 3.84. The molecule has 0 aliphatic carbocycles. The summed E-state index contributed by atoms with van der Waals surface area (Å²) in [5, 5.41) is 8.70. The summed E-state index contributed by atoms with van der Waals surface area (Å²) < 4.78 is 22.8. The minimum Gasteiger partial charge on any atom is -0.371 e. The molecule has 1 aliphatic rings. The quantitative estimate of drug-likeness (QED) is 0.790. The van der Waals surface area contributed by atoms with Gasteiger partial charge in [-0.15, -0.1) is 0 Å². The first kappa shape index (κ1) is 11.9. The Balaban J connectivity index is 2.15. The maximum Gasteiger partial charge on any atom is 0.152 e. The van der Waals surface area contributed by atoms with Crippen LogP contribution in [0.4, 0.5) is 5.69 Å². The Morgan fingerprint density at radius 1 is 1.35 bits per heavy atom. The van der Waals surface area contributed by atoms with Crippen molar-refractivity contribution < 1.29 is 8.42 Å². The fraction of sp³-hybridized carbons (Fsp3) is 0.417. The average Bonchev–Trinajstić information content (AvgIpc) is 2.69. The molecule has 1 atom stereocenters. The summed E-state index contributed by atoms with van der Waals surface area (Å²) in [6.07, 6.45) is 0.679. The van der Waals surface area contributed by atoms with Crippen molar-refractivity contribution in [3.8, 4) is 6.07 Å². The highest BCUT2D eigenvalue weighted by Crippen LogP contribution is 2.22. The molecule has 1 fully saturated rings. The topological polar surface area (TPSA) is 61.2 Å². The molecule has 90 valence electrons. The number of rotatable bonds is 2.